The normalized spacial score (nSPS) is 16.6. The molecule has 1 aliphatic heterocycles. The van der Waals surface area contributed by atoms with E-state index in [1.807, 2.05) is 18.7 Å². The molecule has 0 aliphatic carbocycles. The van der Waals surface area contributed by atoms with E-state index in [0.717, 1.165) is 12.8 Å². The van der Waals surface area contributed by atoms with Crippen LogP contribution in [0.4, 0.5) is 16.2 Å². The van der Waals surface area contributed by atoms with Gasteiger partial charge in [-0.05, 0) is 50.2 Å². The number of nitrogens with one attached hydrogen (secondary N) is 1. The van der Waals surface area contributed by atoms with Gasteiger partial charge in [-0.3, -0.25) is 10.1 Å². The van der Waals surface area contributed by atoms with Crippen molar-refractivity contribution in [3.8, 4) is 5.75 Å². The Hall–Kier alpha value is -3.47. The molecule has 9 nitrogen and oxygen atoms in total. The van der Waals surface area contributed by atoms with E-state index < -0.39 is 27.6 Å². The highest BCUT2D eigenvalue weighted by molar-refractivity contribution is 7.93. The third-order valence-electron chi connectivity index (χ3n) is 6.63. The van der Waals surface area contributed by atoms with Crippen molar-refractivity contribution < 1.29 is 27.5 Å². The van der Waals surface area contributed by atoms with Crippen LogP contribution < -0.4 is 19.3 Å². The first-order valence-electron chi connectivity index (χ1n) is 12.0. The molecule has 0 aromatic heterocycles. The maximum atomic E-state index is 14.4. The molecule has 0 bridgehead atoms. The molecule has 1 heterocycles. The van der Waals surface area contributed by atoms with Gasteiger partial charge in [0.15, 0.2) is 5.54 Å². The minimum Gasteiger partial charge on any atom is -0.495 e. The number of carbonyl (C=O) groups excluding carboxylic acids is 2. The Bertz CT molecular complexity index is 1540. The molecule has 1 atom stereocenters. The van der Waals surface area contributed by atoms with Crippen molar-refractivity contribution >= 4 is 56.6 Å². The topological polar surface area (TPSA) is 105 Å². The first-order chi connectivity index (χ1) is 18.6. The number of ether oxygens (including phenoxy) is 2. The van der Waals surface area contributed by atoms with Gasteiger partial charge < -0.3 is 14.4 Å². The Morgan fingerprint density at radius 3 is 2.31 bits per heavy atom. The lowest BCUT2D eigenvalue weighted by Gasteiger charge is -2.30. The summed E-state index contributed by atoms with van der Waals surface area (Å²) in [6, 6.07) is 15.3. The first kappa shape index (κ1) is 28.5. The molecule has 0 saturated carbocycles. The molecular formula is C27H27Cl2N3O6S. The largest absolute Gasteiger partial charge is 0.495 e. The van der Waals surface area contributed by atoms with E-state index in [1.54, 1.807) is 24.3 Å². The molecule has 1 unspecified atom stereocenters. The highest BCUT2D eigenvalue weighted by atomic mass is 35.5. The first-order valence-corrected chi connectivity index (χ1v) is 14.2. The lowest BCUT2D eigenvalue weighted by molar-refractivity contribution is -0.121. The van der Waals surface area contributed by atoms with Crippen LogP contribution in [0.5, 0.6) is 5.75 Å². The number of sulfonamides is 1. The number of benzene rings is 3. The van der Waals surface area contributed by atoms with Gasteiger partial charge in [0, 0.05) is 46.0 Å². The second-order valence-electron chi connectivity index (χ2n) is 8.59. The van der Waals surface area contributed by atoms with E-state index in [-0.39, 0.29) is 37.5 Å². The van der Waals surface area contributed by atoms with Crippen LogP contribution in [0, 0.1) is 0 Å². The van der Waals surface area contributed by atoms with E-state index >= 15 is 0 Å². The zero-order valence-corrected chi connectivity index (χ0v) is 24.0. The maximum Gasteiger partial charge on any atom is 0.408 e. The zero-order valence-electron chi connectivity index (χ0n) is 21.7. The second-order valence-corrected chi connectivity index (χ2v) is 11.2. The fourth-order valence-corrected chi connectivity index (χ4v) is 6.83. The van der Waals surface area contributed by atoms with Gasteiger partial charge in [0.1, 0.15) is 10.6 Å². The van der Waals surface area contributed by atoms with Crippen molar-refractivity contribution in [3.05, 3.63) is 81.8 Å². The van der Waals surface area contributed by atoms with E-state index in [1.165, 1.54) is 43.5 Å². The molecule has 1 aliphatic rings. The Morgan fingerprint density at radius 2 is 1.69 bits per heavy atom. The summed E-state index contributed by atoms with van der Waals surface area (Å²) in [5.74, 6) is -0.938. The van der Waals surface area contributed by atoms with E-state index in [2.05, 4.69) is 5.32 Å². The zero-order chi connectivity index (χ0) is 28.5. The summed E-state index contributed by atoms with van der Waals surface area (Å²) in [5, 5.41) is 2.89. The molecule has 0 fully saturated rings. The van der Waals surface area contributed by atoms with Gasteiger partial charge in [0.25, 0.3) is 15.9 Å². The van der Waals surface area contributed by atoms with Crippen LogP contribution in [-0.2, 0) is 25.1 Å². The second kappa shape index (κ2) is 11.0. The van der Waals surface area contributed by atoms with Crippen LogP contribution in [0.1, 0.15) is 25.0 Å². The van der Waals surface area contributed by atoms with Crippen LogP contribution in [0.2, 0.25) is 10.0 Å². The van der Waals surface area contributed by atoms with Crippen LogP contribution >= 0.6 is 23.2 Å². The van der Waals surface area contributed by atoms with Crippen LogP contribution in [0.3, 0.4) is 0 Å². The number of alkyl carbamates (subject to hydrolysis) is 1. The van der Waals surface area contributed by atoms with Gasteiger partial charge in [-0.1, -0.05) is 41.4 Å². The van der Waals surface area contributed by atoms with Crippen molar-refractivity contribution in [3.63, 3.8) is 0 Å². The van der Waals surface area contributed by atoms with Crippen molar-refractivity contribution in [1.82, 2.24) is 5.32 Å². The Kier molecular flexibility index (Phi) is 8.02. The summed E-state index contributed by atoms with van der Waals surface area (Å²) >= 11 is 12.8. The highest BCUT2D eigenvalue weighted by Gasteiger charge is 2.58. The van der Waals surface area contributed by atoms with Crippen LogP contribution in [0.15, 0.2) is 65.6 Å². The van der Waals surface area contributed by atoms with Gasteiger partial charge in [-0.25, -0.2) is 13.2 Å². The molecule has 4 rings (SSSR count). The third-order valence-corrected chi connectivity index (χ3v) is 8.93. The predicted octanol–water partition coefficient (Wildman–Crippen LogP) is 5.18. The maximum absolute atomic E-state index is 14.4. The average molecular weight is 593 g/mol. The number of amides is 2. The molecule has 3 aromatic carbocycles. The standard InChI is InChI=1S/C27H27Cl2N3O6S/c1-5-31(6-2)18-12-14-24(23(16-18)37-3)39(35,36)32-22-13-11-17(28)15-20(22)27(25(32)33,30-26(34)38-4)19-9-7-8-10-21(19)29/h7-16H,5-6H2,1-4H3,(H,30,34). The lowest BCUT2D eigenvalue weighted by atomic mass is 9.84. The minimum absolute atomic E-state index is 0.00408. The average Bonchev–Trinajstić information content (AvgIpc) is 3.17. The number of hydrogen-bond donors (Lipinski definition) is 1. The lowest BCUT2D eigenvalue weighted by Crippen LogP contribution is -2.54. The Balaban J connectivity index is 2.00. The predicted molar refractivity (Wildman–Crippen MR) is 150 cm³/mol. The fourth-order valence-electron chi connectivity index (χ4n) is 4.77. The van der Waals surface area contributed by atoms with Gasteiger partial charge in [-0.15, -0.1) is 0 Å². The smallest absolute Gasteiger partial charge is 0.408 e. The molecule has 0 saturated heterocycles. The monoisotopic (exact) mass is 591 g/mol. The van der Waals surface area contributed by atoms with Crippen molar-refractivity contribution in [2.45, 2.75) is 24.3 Å². The quantitative estimate of drug-likeness (QED) is 0.384. The third kappa shape index (κ3) is 4.66. The number of hydrogen-bond acceptors (Lipinski definition) is 7. The number of nitrogens with zero attached hydrogens (tertiary/aromatic N) is 2. The number of halogens is 2. The number of carbonyl (C=O) groups is 2. The molecule has 1 N–H and O–H groups in total. The summed E-state index contributed by atoms with van der Waals surface area (Å²) in [4.78, 5) is 28.8. The van der Waals surface area contributed by atoms with Crippen molar-refractivity contribution in [2.75, 3.05) is 36.5 Å². The summed E-state index contributed by atoms with van der Waals surface area (Å²) in [5.41, 5.74) is -1.05. The molecule has 0 radical (unpaired) electrons. The molecule has 3 aromatic rings. The van der Waals surface area contributed by atoms with Gasteiger partial charge in [-0.2, -0.15) is 4.31 Å². The summed E-state index contributed by atoms with van der Waals surface area (Å²) in [7, 11) is -2.10. The van der Waals surface area contributed by atoms with Gasteiger partial charge in [0.05, 0.1) is 19.9 Å². The molecule has 12 heteroatoms. The molecule has 2 amide bonds. The number of methoxy groups -OCH3 is 2. The molecule has 39 heavy (non-hydrogen) atoms. The Labute approximate surface area is 237 Å². The van der Waals surface area contributed by atoms with E-state index in [0.29, 0.717) is 17.4 Å². The van der Waals surface area contributed by atoms with Crippen molar-refractivity contribution in [2.24, 2.45) is 0 Å². The van der Waals surface area contributed by atoms with Crippen LogP contribution in [-0.4, -0.2) is 47.7 Å². The van der Waals surface area contributed by atoms with Crippen molar-refractivity contribution in [1.29, 1.82) is 0 Å². The van der Waals surface area contributed by atoms with Crippen LogP contribution in [0.25, 0.3) is 0 Å². The highest BCUT2D eigenvalue weighted by Crippen LogP contribution is 2.50. The molecule has 206 valence electrons. The number of fused-ring (bicyclic) bond motifs is 1. The fraction of sp³-hybridized carbons (Fsp3) is 0.259. The minimum atomic E-state index is -4.59. The molecular weight excluding hydrogens is 565 g/mol. The van der Waals surface area contributed by atoms with E-state index in [4.69, 9.17) is 32.7 Å². The number of rotatable bonds is 8. The molecule has 0 spiro atoms. The SMILES string of the molecule is CCN(CC)c1ccc(S(=O)(=O)N2C(=O)C(NC(=O)OC)(c3ccccc3Cl)c3cc(Cl)ccc32)c(OC)c1. The Morgan fingerprint density at radius 1 is 1.00 bits per heavy atom. The van der Waals surface area contributed by atoms with Gasteiger partial charge >= 0.3 is 6.09 Å². The van der Waals surface area contributed by atoms with E-state index in [9.17, 15) is 18.0 Å². The summed E-state index contributed by atoms with van der Waals surface area (Å²) in [6.45, 7) is 5.36. The van der Waals surface area contributed by atoms with Gasteiger partial charge in [0.2, 0.25) is 0 Å². The number of anilines is 2. The summed E-state index contributed by atoms with van der Waals surface area (Å²) < 4.78 is 39.4. The summed E-state index contributed by atoms with van der Waals surface area (Å²) in [6.07, 6.45) is -0.977.